The molecule has 3 nitrogen and oxygen atoms in total. The zero-order chi connectivity index (χ0) is 14.0. The van der Waals surface area contributed by atoms with Crippen LogP contribution in [0.25, 0.3) is 10.9 Å². The Balaban J connectivity index is 2.06. The molecule has 1 heterocycles. The van der Waals surface area contributed by atoms with Gasteiger partial charge in [0.05, 0.1) is 6.42 Å². The number of rotatable bonds is 3. The van der Waals surface area contributed by atoms with E-state index in [1.807, 2.05) is 33.0 Å². The van der Waals surface area contributed by atoms with Crippen LogP contribution in [0.15, 0.2) is 34.9 Å². The standard InChI is InChI=1S/C15H18BrNO2/c1-15(2,3)19-14(18)7-9-17-8-6-11-4-5-12(16)10-13(11)17/h4-6,8,10H,7,9H2,1-3H3. The summed E-state index contributed by atoms with van der Waals surface area (Å²) in [6, 6.07) is 8.19. The summed E-state index contributed by atoms with van der Waals surface area (Å²) in [5.74, 6) is -0.163. The Labute approximate surface area is 121 Å². The quantitative estimate of drug-likeness (QED) is 0.795. The number of hydrogen-bond acceptors (Lipinski definition) is 2. The molecule has 0 aliphatic heterocycles. The fourth-order valence-electron chi connectivity index (χ4n) is 1.96. The van der Waals surface area contributed by atoms with E-state index in [2.05, 4.69) is 38.7 Å². The maximum absolute atomic E-state index is 11.7. The van der Waals surface area contributed by atoms with E-state index >= 15 is 0 Å². The highest BCUT2D eigenvalue weighted by atomic mass is 79.9. The molecular weight excluding hydrogens is 306 g/mol. The minimum absolute atomic E-state index is 0.163. The minimum Gasteiger partial charge on any atom is -0.460 e. The van der Waals surface area contributed by atoms with Crippen molar-refractivity contribution < 1.29 is 9.53 Å². The Bertz CT molecular complexity index is 596. The van der Waals surface area contributed by atoms with Crippen molar-refractivity contribution in [3.8, 4) is 0 Å². The lowest BCUT2D eigenvalue weighted by Crippen LogP contribution is -2.24. The van der Waals surface area contributed by atoms with Crippen molar-refractivity contribution in [3.05, 3.63) is 34.9 Å². The molecule has 0 fully saturated rings. The third-order valence-corrected chi connectivity index (χ3v) is 3.21. The van der Waals surface area contributed by atoms with Crippen LogP contribution in [0, 0.1) is 0 Å². The van der Waals surface area contributed by atoms with Gasteiger partial charge in [-0.1, -0.05) is 22.0 Å². The van der Waals surface area contributed by atoms with Gasteiger partial charge in [-0.15, -0.1) is 0 Å². The predicted octanol–water partition coefficient (Wildman–Crippen LogP) is 4.14. The molecule has 0 radical (unpaired) electrons. The molecule has 0 aliphatic rings. The second-order valence-corrected chi connectivity index (χ2v) is 6.46. The van der Waals surface area contributed by atoms with Crippen molar-refractivity contribution in [2.75, 3.05) is 0 Å². The molecule has 0 spiro atoms. The molecule has 0 amide bonds. The van der Waals surface area contributed by atoms with Gasteiger partial charge in [-0.2, -0.15) is 0 Å². The first-order chi connectivity index (χ1) is 8.85. The number of ether oxygens (including phenoxy) is 1. The molecule has 1 aromatic carbocycles. The highest BCUT2D eigenvalue weighted by Gasteiger charge is 2.16. The molecule has 0 aliphatic carbocycles. The third kappa shape index (κ3) is 3.83. The summed E-state index contributed by atoms with van der Waals surface area (Å²) in [6.07, 6.45) is 2.38. The van der Waals surface area contributed by atoms with E-state index in [-0.39, 0.29) is 5.97 Å². The summed E-state index contributed by atoms with van der Waals surface area (Å²) < 4.78 is 8.42. The molecule has 0 N–H and O–H groups in total. The van der Waals surface area contributed by atoms with Crippen LogP contribution in [-0.2, 0) is 16.1 Å². The van der Waals surface area contributed by atoms with E-state index in [0.29, 0.717) is 13.0 Å². The van der Waals surface area contributed by atoms with Gasteiger partial charge in [0, 0.05) is 22.7 Å². The Morgan fingerprint density at radius 2 is 2.05 bits per heavy atom. The normalized spacial score (nSPS) is 11.8. The summed E-state index contributed by atoms with van der Waals surface area (Å²) in [6.45, 7) is 6.28. The van der Waals surface area contributed by atoms with Crippen LogP contribution in [0.4, 0.5) is 0 Å². The summed E-state index contributed by atoms with van der Waals surface area (Å²) in [5.41, 5.74) is 0.705. The number of aryl methyl sites for hydroxylation is 1. The lowest BCUT2D eigenvalue weighted by molar-refractivity contribution is -0.155. The number of fused-ring (bicyclic) bond motifs is 1. The average molecular weight is 324 g/mol. The van der Waals surface area contributed by atoms with Gasteiger partial charge < -0.3 is 9.30 Å². The predicted molar refractivity (Wildman–Crippen MR) is 80.1 cm³/mol. The smallest absolute Gasteiger partial charge is 0.308 e. The van der Waals surface area contributed by atoms with E-state index in [9.17, 15) is 4.79 Å². The third-order valence-electron chi connectivity index (χ3n) is 2.71. The molecule has 0 saturated carbocycles. The number of carbonyl (C=O) groups is 1. The van der Waals surface area contributed by atoms with Crippen molar-refractivity contribution in [1.82, 2.24) is 4.57 Å². The fraction of sp³-hybridized carbons (Fsp3) is 0.400. The van der Waals surface area contributed by atoms with Gasteiger partial charge in [0.25, 0.3) is 0 Å². The SMILES string of the molecule is CC(C)(C)OC(=O)CCn1ccc2ccc(Br)cc21. The average Bonchev–Trinajstić information content (AvgIpc) is 2.66. The van der Waals surface area contributed by atoms with Crippen LogP contribution in [0.5, 0.6) is 0 Å². The Morgan fingerprint density at radius 3 is 2.74 bits per heavy atom. The Kier molecular flexibility index (Phi) is 3.99. The first kappa shape index (κ1) is 14.1. The van der Waals surface area contributed by atoms with Crippen molar-refractivity contribution >= 4 is 32.8 Å². The maximum atomic E-state index is 11.7. The molecular formula is C15H18BrNO2. The minimum atomic E-state index is -0.418. The Morgan fingerprint density at radius 1 is 1.32 bits per heavy atom. The van der Waals surface area contributed by atoms with Crippen molar-refractivity contribution in [3.63, 3.8) is 0 Å². The highest BCUT2D eigenvalue weighted by molar-refractivity contribution is 9.10. The molecule has 1 aromatic heterocycles. The van der Waals surface area contributed by atoms with Crippen LogP contribution >= 0.6 is 15.9 Å². The first-order valence-electron chi connectivity index (χ1n) is 6.31. The van der Waals surface area contributed by atoms with E-state index < -0.39 is 5.60 Å². The Hall–Kier alpha value is -1.29. The summed E-state index contributed by atoms with van der Waals surface area (Å²) in [7, 11) is 0. The van der Waals surface area contributed by atoms with Crippen LogP contribution in [0.3, 0.4) is 0 Å². The molecule has 0 saturated heterocycles. The molecule has 2 rings (SSSR count). The van der Waals surface area contributed by atoms with Gasteiger partial charge in [-0.3, -0.25) is 4.79 Å². The molecule has 19 heavy (non-hydrogen) atoms. The van der Waals surface area contributed by atoms with Crippen molar-refractivity contribution in [2.45, 2.75) is 39.3 Å². The van der Waals surface area contributed by atoms with Gasteiger partial charge in [0.2, 0.25) is 0 Å². The van der Waals surface area contributed by atoms with Crippen molar-refractivity contribution in [2.24, 2.45) is 0 Å². The zero-order valence-electron chi connectivity index (χ0n) is 11.4. The zero-order valence-corrected chi connectivity index (χ0v) is 13.0. The molecule has 102 valence electrons. The summed E-state index contributed by atoms with van der Waals surface area (Å²) >= 11 is 3.47. The summed E-state index contributed by atoms with van der Waals surface area (Å²) in [4.78, 5) is 11.7. The van der Waals surface area contributed by atoms with E-state index in [1.54, 1.807) is 0 Å². The maximum Gasteiger partial charge on any atom is 0.308 e. The summed E-state index contributed by atoms with van der Waals surface area (Å²) in [5, 5.41) is 1.17. The number of esters is 1. The van der Waals surface area contributed by atoms with Gasteiger partial charge in [0.1, 0.15) is 5.60 Å². The van der Waals surface area contributed by atoms with Crippen LogP contribution in [0.1, 0.15) is 27.2 Å². The van der Waals surface area contributed by atoms with E-state index in [4.69, 9.17) is 4.74 Å². The lowest BCUT2D eigenvalue weighted by atomic mass is 10.2. The van der Waals surface area contributed by atoms with E-state index in [0.717, 1.165) is 9.99 Å². The monoisotopic (exact) mass is 323 g/mol. The topological polar surface area (TPSA) is 31.2 Å². The lowest BCUT2D eigenvalue weighted by Gasteiger charge is -2.19. The number of benzene rings is 1. The molecule has 4 heteroatoms. The van der Waals surface area contributed by atoms with Gasteiger partial charge in [-0.05, 0) is 44.4 Å². The highest BCUT2D eigenvalue weighted by Crippen LogP contribution is 2.21. The molecule has 0 bridgehead atoms. The number of hydrogen-bond donors (Lipinski definition) is 0. The second kappa shape index (κ2) is 5.37. The number of halogens is 1. The number of aromatic nitrogens is 1. The van der Waals surface area contributed by atoms with Crippen LogP contribution in [-0.4, -0.2) is 16.1 Å². The molecule has 2 aromatic rings. The van der Waals surface area contributed by atoms with Gasteiger partial charge in [0.15, 0.2) is 0 Å². The fourth-order valence-corrected chi connectivity index (χ4v) is 2.31. The molecule has 0 atom stereocenters. The van der Waals surface area contributed by atoms with Gasteiger partial charge in [-0.25, -0.2) is 0 Å². The van der Waals surface area contributed by atoms with Crippen LogP contribution in [0.2, 0.25) is 0 Å². The number of carbonyl (C=O) groups excluding carboxylic acids is 1. The molecule has 0 unspecified atom stereocenters. The van der Waals surface area contributed by atoms with E-state index in [1.165, 1.54) is 5.39 Å². The van der Waals surface area contributed by atoms with Gasteiger partial charge >= 0.3 is 5.97 Å². The largest absolute Gasteiger partial charge is 0.460 e. The van der Waals surface area contributed by atoms with Crippen LogP contribution < -0.4 is 0 Å². The second-order valence-electron chi connectivity index (χ2n) is 5.55. The first-order valence-corrected chi connectivity index (χ1v) is 7.11. The number of nitrogens with zero attached hydrogens (tertiary/aromatic N) is 1. The van der Waals surface area contributed by atoms with Crippen molar-refractivity contribution in [1.29, 1.82) is 0 Å².